The quantitative estimate of drug-likeness (QED) is 0.577. The molecule has 4 rings (SSSR count). The average molecular weight is 376 g/mol. The lowest BCUT2D eigenvalue weighted by molar-refractivity contribution is 0.102. The van der Waals surface area contributed by atoms with Crippen LogP contribution in [0.4, 0.5) is 5.69 Å². The number of carbonyl (C=O) groups excluding carboxylic acids is 1. The van der Waals surface area contributed by atoms with Crippen LogP contribution in [-0.4, -0.2) is 30.4 Å². The number of carbonyl (C=O) groups is 1. The van der Waals surface area contributed by atoms with Gasteiger partial charge in [-0.15, -0.1) is 0 Å². The Bertz CT molecular complexity index is 1110. The number of aryl methyl sites for hydroxylation is 2. The number of benzene rings is 1. The van der Waals surface area contributed by atoms with E-state index in [-0.39, 0.29) is 5.91 Å². The first-order chi connectivity index (χ1) is 13.5. The first kappa shape index (κ1) is 17.7. The van der Waals surface area contributed by atoms with Crippen molar-refractivity contribution < 1.29 is 9.32 Å². The number of nitrogens with one attached hydrogen (secondary N) is 1. The number of amides is 1. The minimum Gasteiger partial charge on any atom is -0.360 e. The summed E-state index contributed by atoms with van der Waals surface area (Å²) in [5, 5.41) is 11.1. The van der Waals surface area contributed by atoms with Gasteiger partial charge in [-0.25, -0.2) is 9.67 Å². The Morgan fingerprint density at radius 2 is 1.93 bits per heavy atom. The number of hydrogen-bond donors (Lipinski definition) is 1. The van der Waals surface area contributed by atoms with Crippen molar-refractivity contribution >= 4 is 11.6 Å². The summed E-state index contributed by atoms with van der Waals surface area (Å²) in [5.74, 6) is 1.23. The fraction of sp³-hybridized carbons (Fsp3) is 0.200. The van der Waals surface area contributed by atoms with Crippen LogP contribution in [-0.2, 0) is 6.54 Å². The highest BCUT2D eigenvalue weighted by atomic mass is 16.5. The lowest BCUT2D eigenvalue weighted by atomic mass is 10.2. The number of hydrogen-bond acceptors (Lipinski definition) is 5. The molecular weight excluding hydrogens is 356 g/mol. The molecule has 0 aliphatic heterocycles. The predicted octanol–water partition coefficient (Wildman–Crippen LogP) is 3.28. The van der Waals surface area contributed by atoms with E-state index in [2.05, 4.69) is 20.6 Å². The third-order valence-electron chi connectivity index (χ3n) is 4.54. The second-order valence-corrected chi connectivity index (χ2v) is 6.66. The summed E-state index contributed by atoms with van der Waals surface area (Å²) < 4.78 is 8.81. The van der Waals surface area contributed by atoms with Crippen LogP contribution in [0.3, 0.4) is 0 Å². The molecule has 1 aromatic carbocycles. The van der Waals surface area contributed by atoms with Crippen molar-refractivity contribution in [2.45, 2.75) is 27.3 Å². The molecule has 0 saturated heterocycles. The van der Waals surface area contributed by atoms with E-state index in [1.165, 1.54) is 6.33 Å². The average Bonchev–Trinajstić information content (AvgIpc) is 3.38. The summed E-state index contributed by atoms with van der Waals surface area (Å²) in [6.45, 7) is 6.30. The molecule has 0 bridgehead atoms. The second-order valence-electron chi connectivity index (χ2n) is 6.66. The van der Waals surface area contributed by atoms with Crippen LogP contribution in [0.2, 0.25) is 0 Å². The summed E-state index contributed by atoms with van der Waals surface area (Å²) in [6, 6.07) is 11.4. The number of nitrogens with zero attached hydrogens (tertiary/aromatic N) is 5. The van der Waals surface area contributed by atoms with Gasteiger partial charge in [0.05, 0.1) is 12.1 Å². The van der Waals surface area contributed by atoms with Gasteiger partial charge in [-0.05, 0) is 44.5 Å². The first-order valence-corrected chi connectivity index (χ1v) is 8.86. The monoisotopic (exact) mass is 376 g/mol. The summed E-state index contributed by atoms with van der Waals surface area (Å²) in [7, 11) is 0. The maximum absolute atomic E-state index is 12.8. The van der Waals surface area contributed by atoms with E-state index in [9.17, 15) is 4.79 Å². The summed E-state index contributed by atoms with van der Waals surface area (Å²) >= 11 is 0. The van der Waals surface area contributed by atoms with Crippen molar-refractivity contribution in [2.24, 2.45) is 0 Å². The molecule has 0 radical (unpaired) electrons. The highest BCUT2D eigenvalue weighted by Gasteiger charge is 2.18. The van der Waals surface area contributed by atoms with Crippen LogP contribution in [0.5, 0.6) is 0 Å². The first-order valence-electron chi connectivity index (χ1n) is 8.86. The molecule has 0 fully saturated rings. The normalized spacial score (nSPS) is 11.0. The molecule has 28 heavy (non-hydrogen) atoms. The van der Waals surface area contributed by atoms with Gasteiger partial charge in [0, 0.05) is 23.1 Å². The molecule has 0 saturated carbocycles. The van der Waals surface area contributed by atoms with Gasteiger partial charge >= 0.3 is 0 Å². The highest BCUT2D eigenvalue weighted by Crippen LogP contribution is 2.22. The Kier molecular flexibility index (Phi) is 4.52. The molecule has 1 amide bonds. The zero-order valence-corrected chi connectivity index (χ0v) is 15.9. The van der Waals surface area contributed by atoms with Crippen molar-refractivity contribution in [3.63, 3.8) is 0 Å². The Labute approximate surface area is 161 Å². The fourth-order valence-corrected chi connectivity index (χ4v) is 3.20. The number of anilines is 1. The van der Waals surface area contributed by atoms with Crippen molar-refractivity contribution in [1.29, 1.82) is 0 Å². The van der Waals surface area contributed by atoms with Gasteiger partial charge < -0.3 is 9.84 Å². The lowest BCUT2D eigenvalue weighted by Crippen LogP contribution is -2.13. The van der Waals surface area contributed by atoms with Gasteiger partial charge in [-0.2, -0.15) is 5.10 Å². The lowest BCUT2D eigenvalue weighted by Gasteiger charge is -2.08. The highest BCUT2D eigenvalue weighted by molar-refractivity contribution is 6.05. The van der Waals surface area contributed by atoms with E-state index >= 15 is 0 Å². The van der Waals surface area contributed by atoms with Crippen molar-refractivity contribution in [3.8, 4) is 5.82 Å². The largest absolute Gasteiger partial charge is 0.360 e. The van der Waals surface area contributed by atoms with Crippen LogP contribution in [0, 0.1) is 20.8 Å². The van der Waals surface area contributed by atoms with E-state index in [1.807, 2.05) is 61.7 Å². The van der Waals surface area contributed by atoms with E-state index in [0.29, 0.717) is 17.9 Å². The van der Waals surface area contributed by atoms with Gasteiger partial charge in [0.2, 0.25) is 0 Å². The summed E-state index contributed by atoms with van der Waals surface area (Å²) in [4.78, 5) is 16.7. The zero-order chi connectivity index (χ0) is 19.7. The molecule has 0 aliphatic carbocycles. The van der Waals surface area contributed by atoms with Crippen LogP contribution < -0.4 is 5.32 Å². The smallest absolute Gasteiger partial charge is 0.257 e. The van der Waals surface area contributed by atoms with Crippen LogP contribution in [0.25, 0.3) is 5.82 Å². The third-order valence-corrected chi connectivity index (χ3v) is 4.54. The molecule has 1 N–H and O–H groups in total. The number of aromatic nitrogens is 5. The molecule has 0 atom stereocenters. The molecular formula is C20H20N6O2. The van der Waals surface area contributed by atoms with Gasteiger partial charge in [-0.3, -0.25) is 9.36 Å². The fourth-order valence-electron chi connectivity index (χ4n) is 3.20. The zero-order valence-electron chi connectivity index (χ0n) is 15.9. The maximum Gasteiger partial charge on any atom is 0.257 e. The van der Waals surface area contributed by atoms with Crippen molar-refractivity contribution in [1.82, 2.24) is 24.5 Å². The molecule has 0 spiro atoms. The Balaban J connectivity index is 1.51. The molecule has 142 valence electrons. The molecule has 3 heterocycles. The third kappa shape index (κ3) is 3.44. The molecule has 3 aromatic heterocycles. The number of rotatable bonds is 5. The topological polar surface area (TPSA) is 90.8 Å². The standard InChI is InChI=1S/C20H20N6O2/c1-13-8-18(15(3)26(13)19-9-14(2)28-24-19)20(27)23-17-6-4-16(5-7-17)10-25-12-21-11-22-25/h4-9,11-12H,10H2,1-3H3,(H,23,27). The van der Waals surface area contributed by atoms with E-state index < -0.39 is 0 Å². The molecule has 0 unspecified atom stereocenters. The van der Waals surface area contributed by atoms with Crippen LogP contribution in [0.1, 0.15) is 33.1 Å². The van der Waals surface area contributed by atoms with Crippen LogP contribution in [0.15, 0.2) is 53.6 Å². The molecule has 4 aromatic rings. The predicted molar refractivity (Wildman–Crippen MR) is 104 cm³/mol. The molecule has 8 nitrogen and oxygen atoms in total. The van der Waals surface area contributed by atoms with E-state index in [1.54, 1.807) is 11.0 Å². The Morgan fingerprint density at radius 3 is 2.57 bits per heavy atom. The van der Waals surface area contributed by atoms with Gasteiger partial charge in [0.15, 0.2) is 5.82 Å². The minimum atomic E-state index is -0.163. The second kappa shape index (κ2) is 7.15. The Morgan fingerprint density at radius 1 is 1.14 bits per heavy atom. The van der Waals surface area contributed by atoms with E-state index in [0.717, 1.165) is 28.4 Å². The van der Waals surface area contributed by atoms with Crippen molar-refractivity contribution in [3.05, 3.63) is 77.3 Å². The molecule has 0 aliphatic rings. The Hall–Kier alpha value is -3.68. The minimum absolute atomic E-state index is 0.163. The van der Waals surface area contributed by atoms with E-state index in [4.69, 9.17) is 4.52 Å². The molecule has 8 heteroatoms. The summed E-state index contributed by atoms with van der Waals surface area (Å²) in [5.41, 5.74) is 4.13. The van der Waals surface area contributed by atoms with Gasteiger partial charge in [-0.1, -0.05) is 17.3 Å². The maximum atomic E-state index is 12.8. The summed E-state index contributed by atoms with van der Waals surface area (Å²) in [6.07, 6.45) is 3.17. The van der Waals surface area contributed by atoms with Gasteiger partial charge in [0.25, 0.3) is 5.91 Å². The van der Waals surface area contributed by atoms with Crippen LogP contribution >= 0.6 is 0 Å². The SMILES string of the molecule is Cc1cc(-n2c(C)cc(C(=O)Nc3ccc(Cn4cncn4)cc3)c2C)no1. The van der Waals surface area contributed by atoms with Gasteiger partial charge in [0.1, 0.15) is 18.4 Å². The van der Waals surface area contributed by atoms with Crippen molar-refractivity contribution in [2.75, 3.05) is 5.32 Å².